The number of unbranched alkanes of at least 4 members (excludes halogenated alkanes) is 2. The van der Waals surface area contributed by atoms with Crippen LogP contribution in [0.1, 0.15) is 58.8 Å². The molecule has 13 heavy (non-hydrogen) atoms. The smallest absolute Gasteiger partial charge is 0.0568 e. The van der Waals surface area contributed by atoms with Gasteiger partial charge in [0.05, 0.1) is 6.10 Å². The maximum atomic E-state index is 9.79. The molecule has 3 atom stereocenters. The van der Waals surface area contributed by atoms with Crippen molar-refractivity contribution >= 4 is 0 Å². The molecule has 0 aromatic rings. The maximum Gasteiger partial charge on any atom is 0.0568 e. The highest BCUT2D eigenvalue weighted by atomic mass is 16.3. The molecule has 0 aromatic carbocycles. The summed E-state index contributed by atoms with van der Waals surface area (Å²) in [5.41, 5.74) is 0. The second-order valence-corrected chi connectivity index (χ2v) is 4.74. The first-order chi connectivity index (χ1) is 6.24. The first-order valence-electron chi connectivity index (χ1n) is 5.92. The maximum absolute atomic E-state index is 9.79. The lowest BCUT2D eigenvalue weighted by Crippen LogP contribution is -2.28. The molecule has 0 amide bonds. The van der Waals surface area contributed by atoms with Gasteiger partial charge >= 0.3 is 0 Å². The third-order valence-electron chi connectivity index (χ3n) is 3.38. The lowest BCUT2D eigenvalue weighted by molar-refractivity contribution is 0.0461. The SMILES string of the molecule is CCCCCC1CC(C)CCC1O. The molecule has 1 rings (SSSR count). The van der Waals surface area contributed by atoms with Crippen LogP contribution in [0.25, 0.3) is 0 Å². The standard InChI is InChI=1S/C12H24O/c1-3-4-5-6-11-9-10(2)7-8-12(11)13/h10-13H,3-9H2,1-2H3. The third-order valence-corrected chi connectivity index (χ3v) is 3.38. The summed E-state index contributed by atoms with van der Waals surface area (Å²) in [6.45, 7) is 4.55. The summed E-state index contributed by atoms with van der Waals surface area (Å²) in [5, 5.41) is 9.79. The van der Waals surface area contributed by atoms with Crippen molar-refractivity contribution in [3.63, 3.8) is 0 Å². The summed E-state index contributed by atoms with van der Waals surface area (Å²) in [6, 6.07) is 0. The lowest BCUT2D eigenvalue weighted by atomic mass is 9.78. The number of hydrogen-bond acceptors (Lipinski definition) is 1. The third kappa shape index (κ3) is 3.68. The molecule has 3 unspecified atom stereocenters. The van der Waals surface area contributed by atoms with Gasteiger partial charge in [-0.05, 0) is 37.5 Å². The van der Waals surface area contributed by atoms with Gasteiger partial charge in [0.25, 0.3) is 0 Å². The zero-order valence-corrected chi connectivity index (χ0v) is 9.13. The molecule has 0 radical (unpaired) electrons. The minimum Gasteiger partial charge on any atom is -0.393 e. The molecular weight excluding hydrogens is 160 g/mol. The van der Waals surface area contributed by atoms with Gasteiger partial charge in [-0.2, -0.15) is 0 Å². The van der Waals surface area contributed by atoms with E-state index in [1.54, 1.807) is 0 Å². The molecule has 0 aromatic heterocycles. The van der Waals surface area contributed by atoms with Crippen LogP contribution in [0.15, 0.2) is 0 Å². The van der Waals surface area contributed by atoms with E-state index in [0.717, 1.165) is 12.3 Å². The molecule has 1 aliphatic rings. The van der Waals surface area contributed by atoms with Crippen LogP contribution in [-0.2, 0) is 0 Å². The van der Waals surface area contributed by atoms with Gasteiger partial charge < -0.3 is 5.11 Å². The summed E-state index contributed by atoms with van der Waals surface area (Å²) in [4.78, 5) is 0. The Kier molecular flexibility index (Phi) is 4.79. The van der Waals surface area contributed by atoms with Crippen molar-refractivity contribution in [3.05, 3.63) is 0 Å². The molecule has 1 aliphatic carbocycles. The van der Waals surface area contributed by atoms with E-state index in [0.29, 0.717) is 5.92 Å². The Morgan fingerprint density at radius 1 is 1.23 bits per heavy atom. The predicted molar refractivity (Wildman–Crippen MR) is 56.7 cm³/mol. The summed E-state index contributed by atoms with van der Waals surface area (Å²) < 4.78 is 0. The Hall–Kier alpha value is -0.0400. The molecule has 1 nitrogen and oxygen atoms in total. The summed E-state index contributed by atoms with van der Waals surface area (Å²) >= 11 is 0. The van der Waals surface area contributed by atoms with Crippen molar-refractivity contribution < 1.29 is 5.11 Å². The van der Waals surface area contributed by atoms with E-state index in [4.69, 9.17) is 0 Å². The van der Waals surface area contributed by atoms with Crippen LogP contribution in [0, 0.1) is 11.8 Å². The van der Waals surface area contributed by atoms with Gasteiger partial charge in [-0.15, -0.1) is 0 Å². The van der Waals surface area contributed by atoms with E-state index in [-0.39, 0.29) is 6.10 Å². The molecule has 0 aliphatic heterocycles. The van der Waals surface area contributed by atoms with Crippen molar-refractivity contribution in [1.82, 2.24) is 0 Å². The molecule has 78 valence electrons. The van der Waals surface area contributed by atoms with Crippen molar-refractivity contribution in [1.29, 1.82) is 0 Å². The topological polar surface area (TPSA) is 20.2 Å². The van der Waals surface area contributed by atoms with Crippen LogP contribution in [0.3, 0.4) is 0 Å². The average Bonchev–Trinajstić information content (AvgIpc) is 2.11. The zero-order chi connectivity index (χ0) is 9.68. The van der Waals surface area contributed by atoms with Gasteiger partial charge in [-0.3, -0.25) is 0 Å². The van der Waals surface area contributed by atoms with Gasteiger partial charge in [-0.25, -0.2) is 0 Å². The van der Waals surface area contributed by atoms with Crippen molar-refractivity contribution in [2.75, 3.05) is 0 Å². The van der Waals surface area contributed by atoms with Gasteiger partial charge in [0.1, 0.15) is 0 Å². The number of aliphatic hydroxyl groups excluding tert-OH is 1. The highest BCUT2D eigenvalue weighted by Gasteiger charge is 2.26. The fraction of sp³-hybridized carbons (Fsp3) is 1.00. The molecule has 0 bridgehead atoms. The van der Waals surface area contributed by atoms with Crippen LogP contribution in [0.2, 0.25) is 0 Å². The molecule has 1 fully saturated rings. The van der Waals surface area contributed by atoms with Gasteiger partial charge in [0.2, 0.25) is 0 Å². The molecular formula is C12H24O. The van der Waals surface area contributed by atoms with Crippen molar-refractivity contribution in [3.8, 4) is 0 Å². The van der Waals surface area contributed by atoms with Crippen molar-refractivity contribution in [2.24, 2.45) is 11.8 Å². The normalized spacial score (nSPS) is 34.8. The Labute approximate surface area is 82.5 Å². The van der Waals surface area contributed by atoms with E-state index in [2.05, 4.69) is 13.8 Å². The van der Waals surface area contributed by atoms with Crippen LogP contribution in [0.5, 0.6) is 0 Å². The number of hydrogen-bond donors (Lipinski definition) is 1. The molecule has 1 saturated carbocycles. The Morgan fingerprint density at radius 3 is 2.69 bits per heavy atom. The van der Waals surface area contributed by atoms with Gasteiger partial charge in [-0.1, -0.05) is 33.1 Å². The quantitative estimate of drug-likeness (QED) is 0.664. The van der Waals surface area contributed by atoms with Crippen LogP contribution in [-0.4, -0.2) is 11.2 Å². The molecule has 1 N–H and O–H groups in total. The molecule has 0 heterocycles. The number of aliphatic hydroxyl groups is 1. The van der Waals surface area contributed by atoms with E-state index >= 15 is 0 Å². The van der Waals surface area contributed by atoms with Gasteiger partial charge in [0, 0.05) is 0 Å². The predicted octanol–water partition coefficient (Wildman–Crippen LogP) is 3.36. The highest BCUT2D eigenvalue weighted by Crippen LogP contribution is 2.32. The highest BCUT2D eigenvalue weighted by molar-refractivity contribution is 4.77. The van der Waals surface area contributed by atoms with E-state index in [1.807, 2.05) is 0 Å². The monoisotopic (exact) mass is 184 g/mol. The second-order valence-electron chi connectivity index (χ2n) is 4.74. The number of rotatable bonds is 4. The fourth-order valence-corrected chi connectivity index (χ4v) is 2.45. The Balaban J connectivity index is 2.21. The largest absolute Gasteiger partial charge is 0.393 e. The van der Waals surface area contributed by atoms with Crippen LogP contribution in [0.4, 0.5) is 0 Å². The first-order valence-corrected chi connectivity index (χ1v) is 5.92. The summed E-state index contributed by atoms with van der Waals surface area (Å²) in [5.74, 6) is 1.45. The lowest BCUT2D eigenvalue weighted by Gasteiger charge is -2.31. The first kappa shape index (κ1) is 11.0. The zero-order valence-electron chi connectivity index (χ0n) is 9.13. The average molecular weight is 184 g/mol. The summed E-state index contributed by atoms with van der Waals surface area (Å²) in [7, 11) is 0. The van der Waals surface area contributed by atoms with E-state index in [9.17, 15) is 5.11 Å². The second kappa shape index (κ2) is 5.64. The molecule has 0 saturated heterocycles. The molecule has 1 heteroatoms. The van der Waals surface area contributed by atoms with Crippen molar-refractivity contribution in [2.45, 2.75) is 64.9 Å². The Morgan fingerprint density at radius 2 is 2.00 bits per heavy atom. The fourth-order valence-electron chi connectivity index (χ4n) is 2.45. The van der Waals surface area contributed by atoms with Crippen LogP contribution >= 0.6 is 0 Å². The molecule has 0 spiro atoms. The minimum absolute atomic E-state index is 0.00746. The van der Waals surface area contributed by atoms with E-state index < -0.39 is 0 Å². The summed E-state index contributed by atoms with van der Waals surface area (Å²) in [6.07, 6.45) is 8.71. The Bertz CT molecular complexity index is 133. The minimum atomic E-state index is 0.00746. The van der Waals surface area contributed by atoms with Crippen LogP contribution < -0.4 is 0 Å². The van der Waals surface area contributed by atoms with Gasteiger partial charge in [0.15, 0.2) is 0 Å². The van der Waals surface area contributed by atoms with E-state index in [1.165, 1.54) is 38.5 Å².